The van der Waals surface area contributed by atoms with Crippen LogP contribution in [0.4, 0.5) is 0 Å². The zero-order valence-electron chi connectivity index (χ0n) is 9.48. The molecule has 1 saturated heterocycles. The topological polar surface area (TPSA) is 45.2 Å². The molecule has 88 valence electrons. The molecule has 0 radical (unpaired) electrons. The van der Waals surface area contributed by atoms with Crippen LogP contribution in [-0.2, 0) is 0 Å². The van der Waals surface area contributed by atoms with Crippen LogP contribution in [0, 0.1) is 0 Å². The molecule has 2 rings (SSSR count). The molecular weight excluding hydrogens is 222 g/mol. The molecule has 1 aliphatic heterocycles. The van der Waals surface area contributed by atoms with E-state index in [1.54, 1.807) is 5.51 Å². The van der Waals surface area contributed by atoms with E-state index in [1.807, 2.05) is 10.3 Å². The molecular formula is C11H17N3OS. The summed E-state index contributed by atoms with van der Waals surface area (Å²) in [6.07, 6.45) is 2.04. The largest absolute Gasteiger partial charge is 0.333 e. The lowest BCUT2D eigenvalue weighted by molar-refractivity contribution is 0.0687. The average Bonchev–Trinajstić information content (AvgIpc) is 2.96. The van der Waals surface area contributed by atoms with Gasteiger partial charge in [-0.3, -0.25) is 4.79 Å². The molecule has 1 atom stereocenters. The van der Waals surface area contributed by atoms with E-state index in [4.69, 9.17) is 0 Å². The van der Waals surface area contributed by atoms with Gasteiger partial charge in [0, 0.05) is 24.5 Å². The van der Waals surface area contributed by atoms with Crippen LogP contribution in [0.3, 0.4) is 0 Å². The Labute approximate surface area is 99.7 Å². The first-order chi connectivity index (χ1) is 7.83. The van der Waals surface area contributed by atoms with Gasteiger partial charge in [-0.25, -0.2) is 4.98 Å². The van der Waals surface area contributed by atoms with Gasteiger partial charge in [-0.2, -0.15) is 0 Å². The first-order valence-corrected chi connectivity index (χ1v) is 6.67. The number of nitrogens with zero attached hydrogens (tertiary/aromatic N) is 2. The lowest BCUT2D eigenvalue weighted by atomic mass is 10.2. The summed E-state index contributed by atoms with van der Waals surface area (Å²) < 4.78 is 0. The number of thiazole rings is 1. The number of hydrogen-bond acceptors (Lipinski definition) is 4. The Kier molecular flexibility index (Phi) is 3.90. The summed E-state index contributed by atoms with van der Waals surface area (Å²) in [6.45, 7) is 4.84. The SMILES string of the molecule is CCCN(C(=O)c1cscn1)C1CCNC1. The molecule has 0 spiro atoms. The summed E-state index contributed by atoms with van der Waals surface area (Å²) in [4.78, 5) is 18.3. The molecule has 1 aromatic heterocycles. The van der Waals surface area contributed by atoms with Crippen LogP contribution in [-0.4, -0.2) is 41.5 Å². The minimum atomic E-state index is 0.0804. The van der Waals surface area contributed by atoms with E-state index in [1.165, 1.54) is 11.3 Å². The fraction of sp³-hybridized carbons (Fsp3) is 0.636. The average molecular weight is 239 g/mol. The highest BCUT2D eigenvalue weighted by molar-refractivity contribution is 7.07. The van der Waals surface area contributed by atoms with Crippen LogP contribution in [0.15, 0.2) is 10.9 Å². The van der Waals surface area contributed by atoms with E-state index in [0.717, 1.165) is 32.5 Å². The van der Waals surface area contributed by atoms with Crippen LogP contribution in [0.2, 0.25) is 0 Å². The lowest BCUT2D eigenvalue weighted by Gasteiger charge is -2.27. The maximum absolute atomic E-state index is 12.2. The van der Waals surface area contributed by atoms with E-state index in [2.05, 4.69) is 17.2 Å². The van der Waals surface area contributed by atoms with E-state index >= 15 is 0 Å². The summed E-state index contributed by atoms with van der Waals surface area (Å²) in [5.41, 5.74) is 2.30. The number of aromatic nitrogens is 1. The molecule has 1 aromatic rings. The van der Waals surface area contributed by atoms with E-state index in [9.17, 15) is 4.79 Å². The molecule has 1 fully saturated rings. The van der Waals surface area contributed by atoms with Crippen molar-refractivity contribution in [3.05, 3.63) is 16.6 Å². The van der Waals surface area contributed by atoms with Crippen molar-refractivity contribution >= 4 is 17.2 Å². The van der Waals surface area contributed by atoms with Crippen molar-refractivity contribution in [3.63, 3.8) is 0 Å². The molecule has 0 bridgehead atoms. The van der Waals surface area contributed by atoms with Gasteiger partial charge >= 0.3 is 0 Å². The fourth-order valence-electron chi connectivity index (χ4n) is 2.06. The summed E-state index contributed by atoms with van der Waals surface area (Å²) in [5.74, 6) is 0.0804. The number of amides is 1. The number of rotatable bonds is 4. The second-order valence-electron chi connectivity index (χ2n) is 4.02. The predicted octanol–water partition coefficient (Wildman–Crippen LogP) is 1.36. The monoisotopic (exact) mass is 239 g/mol. The van der Waals surface area contributed by atoms with Gasteiger partial charge in [0.25, 0.3) is 5.91 Å². The maximum Gasteiger partial charge on any atom is 0.273 e. The summed E-state index contributed by atoms with van der Waals surface area (Å²) >= 11 is 1.47. The summed E-state index contributed by atoms with van der Waals surface area (Å²) in [6, 6.07) is 0.342. The number of carbonyl (C=O) groups is 1. The van der Waals surface area contributed by atoms with Gasteiger partial charge < -0.3 is 10.2 Å². The zero-order valence-corrected chi connectivity index (χ0v) is 10.3. The Morgan fingerprint density at radius 1 is 1.75 bits per heavy atom. The number of hydrogen-bond donors (Lipinski definition) is 1. The van der Waals surface area contributed by atoms with Gasteiger partial charge in [-0.15, -0.1) is 11.3 Å². The molecule has 5 heteroatoms. The van der Waals surface area contributed by atoms with Crippen molar-refractivity contribution in [1.82, 2.24) is 15.2 Å². The summed E-state index contributed by atoms with van der Waals surface area (Å²) in [5, 5.41) is 5.13. The second-order valence-corrected chi connectivity index (χ2v) is 4.74. The van der Waals surface area contributed by atoms with Crippen molar-refractivity contribution in [2.75, 3.05) is 19.6 Å². The lowest BCUT2D eigenvalue weighted by Crippen LogP contribution is -2.42. The molecule has 1 N–H and O–H groups in total. The Hall–Kier alpha value is -0.940. The molecule has 4 nitrogen and oxygen atoms in total. The smallest absolute Gasteiger partial charge is 0.273 e. The van der Waals surface area contributed by atoms with Crippen LogP contribution in [0.1, 0.15) is 30.3 Å². The van der Waals surface area contributed by atoms with Crippen molar-refractivity contribution < 1.29 is 4.79 Å². The Morgan fingerprint density at radius 2 is 2.62 bits per heavy atom. The first-order valence-electron chi connectivity index (χ1n) is 5.72. The highest BCUT2D eigenvalue weighted by Gasteiger charge is 2.27. The number of carbonyl (C=O) groups excluding carboxylic acids is 1. The fourth-order valence-corrected chi connectivity index (χ4v) is 2.59. The summed E-state index contributed by atoms with van der Waals surface area (Å²) in [7, 11) is 0. The van der Waals surface area contributed by atoms with E-state index in [0.29, 0.717) is 11.7 Å². The third-order valence-corrected chi connectivity index (χ3v) is 3.44. The molecule has 0 aliphatic carbocycles. The minimum absolute atomic E-state index is 0.0804. The quantitative estimate of drug-likeness (QED) is 0.863. The Balaban J connectivity index is 2.09. The van der Waals surface area contributed by atoms with E-state index < -0.39 is 0 Å². The molecule has 16 heavy (non-hydrogen) atoms. The van der Waals surface area contributed by atoms with Gasteiger partial charge in [0.15, 0.2) is 0 Å². The van der Waals surface area contributed by atoms with Crippen molar-refractivity contribution in [2.24, 2.45) is 0 Å². The van der Waals surface area contributed by atoms with Gasteiger partial charge in [-0.1, -0.05) is 6.92 Å². The maximum atomic E-state index is 12.2. The highest BCUT2D eigenvalue weighted by Crippen LogP contribution is 2.14. The van der Waals surface area contributed by atoms with Gasteiger partial charge in [0.05, 0.1) is 5.51 Å². The molecule has 0 aromatic carbocycles. The second kappa shape index (κ2) is 5.41. The van der Waals surface area contributed by atoms with Gasteiger partial charge in [0.2, 0.25) is 0 Å². The van der Waals surface area contributed by atoms with Crippen LogP contribution >= 0.6 is 11.3 Å². The van der Waals surface area contributed by atoms with Crippen LogP contribution in [0.25, 0.3) is 0 Å². The standard InChI is InChI=1S/C11H17N3OS/c1-2-5-14(9-3-4-12-6-9)11(15)10-7-16-8-13-10/h7-9,12H,2-6H2,1H3. The third kappa shape index (κ3) is 2.41. The van der Waals surface area contributed by atoms with Crippen LogP contribution in [0.5, 0.6) is 0 Å². The van der Waals surface area contributed by atoms with Crippen molar-refractivity contribution in [1.29, 1.82) is 0 Å². The highest BCUT2D eigenvalue weighted by atomic mass is 32.1. The molecule has 1 aliphatic rings. The van der Waals surface area contributed by atoms with Crippen molar-refractivity contribution in [2.45, 2.75) is 25.8 Å². The molecule has 1 unspecified atom stereocenters. The van der Waals surface area contributed by atoms with Crippen LogP contribution < -0.4 is 5.32 Å². The normalized spacial score (nSPS) is 19.9. The Morgan fingerprint density at radius 3 is 3.19 bits per heavy atom. The molecule has 0 saturated carbocycles. The zero-order chi connectivity index (χ0) is 11.4. The number of nitrogens with one attached hydrogen (secondary N) is 1. The van der Waals surface area contributed by atoms with E-state index in [-0.39, 0.29) is 5.91 Å². The van der Waals surface area contributed by atoms with Gasteiger partial charge in [-0.05, 0) is 19.4 Å². The minimum Gasteiger partial charge on any atom is -0.333 e. The Bertz CT molecular complexity index is 333. The third-order valence-electron chi connectivity index (χ3n) is 2.85. The predicted molar refractivity (Wildman–Crippen MR) is 64.7 cm³/mol. The first kappa shape index (κ1) is 11.5. The molecule has 2 heterocycles. The molecule has 1 amide bonds. The van der Waals surface area contributed by atoms with Gasteiger partial charge in [0.1, 0.15) is 5.69 Å². The van der Waals surface area contributed by atoms with Crippen molar-refractivity contribution in [3.8, 4) is 0 Å².